The van der Waals surface area contributed by atoms with Crippen LogP contribution in [0.1, 0.15) is 39.5 Å². The number of methoxy groups -OCH3 is 1. The molecule has 0 aliphatic rings. The third kappa shape index (κ3) is 7.46. The first-order chi connectivity index (χ1) is 18.9. The van der Waals surface area contributed by atoms with E-state index in [2.05, 4.69) is 11.4 Å². The molecule has 0 heterocycles. The molecule has 0 saturated carbocycles. The van der Waals surface area contributed by atoms with Gasteiger partial charge in [-0.25, -0.2) is 0 Å². The van der Waals surface area contributed by atoms with E-state index in [1.54, 1.807) is 60.5 Å². The number of amides is 2. The molecule has 4 rings (SSSR count). The van der Waals surface area contributed by atoms with E-state index in [1.807, 2.05) is 48.5 Å². The van der Waals surface area contributed by atoms with Crippen LogP contribution in [0.4, 0.5) is 5.69 Å². The van der Waals surface area contributed by atoms with Gasteiger partial charge in [-0.05, 0) is 65.7 Å². The minimum atomic E-state index is -0.163. The van der Waals surface area contributed by atoms with Crippen molar-refractivity contribution < 1.29 is 19.1 Å². The molecule has 0 unspecified atom stereocenters. The lowest BCUT2D eigenvalue weighted by Crippen LogP contribution is -2.30. The largest absolute Gasteiger partial charge is 0.496 e. The molecule has 0 fully saturated rings. The summed E-state index contributed by atoms with van der Waals surface area (Å²) in [6, 6.07) is 31.5. The Hall–Kier alpha value is -5.09. The summed E-state index contributed by atoms with van der Waals surface area (Å²) in [5.41, 5.74) is 4.34. The number of nitriles is 1. The summed E-state index contributed by atoms with van der Waals surface area (Å²) in [5.74, 6) is 1.03. The Balaban J connectivity index is 1.55. The van der Waals surface area contributed by atoms with E-state index >= 15 is 0 Å². The van der Waals surface area contributed by atoms with E-state index < -0.39 is 0 Å². The maximum atomic E-state index is 13.6. The second-order valence-corrected chi connectivity index (χ2v) is 8.98. The van der Waals surface area contributed by atoms with Crippen molar-refractivity contribution in [3.05, 3.63) is 125 Å². The topological polar surface area (TPSA) is 91.7 Å². The molecule has 39 heavy (non-hydrogen) atoms. The predicted molar refractivity (Wildman–Crippen MR) is 149 cm³/mol. The first-order valence-electron chi connectivity index (χ1n) is 12.4. The Kier molecular flexibility index (Phi) is 8.94. The molecule has 0 aliphatic heterocycles. The molecular weight excluding hydrogens is 490 g/mol. The molecule has 7 heteroatoms. The van der Waals surface area contributed by atoms with Gasteiger partial charge in [0.05, 0.1) is 18.7 Å². The van der Waals surface area contributed by atoms with Gasteiger partial charge >= 0.3 is 0 Å². The van der Waals surface area contributed by atoms with Crippen molar-refractivity contribution in [1.82, 2.24) is 4.90 Å². The number of benzene rings is 4. The first kappa shape index (κ1) is 27.0. The van der Waals surface area contributed by atoms with Gasteiger partial charge in [0, 0.05) is 36.8 Å². The van der Waals surface area contributed by atoms with E-state index in [0.717, 1.165) is 16.7 Å². The highest BCUT2D eigenvalue weighted by atomic mass is 16.5. The van der Waals surface area contributed by atoms with Crippen molar-refractivity contribution in [1.29, 1.82) is 5.26 Å². The summed E-state index contributed by atoms with van der Waals surface area (Å²) in [5, 5.41) is 12.0. The Morgan fingerprint density at radius 1 is 0.872 bits per heavy atom. The standard InChI is InChI=1S/C32H29N3O4/c1-23(36)34-29-12-14-30(15-13-29)39-22-28-18-26(11-16-31(28)38-2)21-35(20-24-7-4-3-5-8-24)32(37)27-10-6-9-25(17-27)19-33/h3-18H,20-22H2,1-2H3,(H,34,36). The van der Waals surface area contributed by atoms with Crippen molar-refractivity contribution >= 4 is 17.5 Å². The summed E-state index contributed by atoms with van der Waals surface area (Å²) >= 11 is 0. The van der Waals surface area contributed by atoms with Crippen molar-refractivity contribution in [3.8, 4) is 17.6 Å². The smallest absolute Gasteiger partial charge is 0.254 e. The number of anilines is 1. The SMILES string of the molecule is COc1ccc(CN(Cc2ccccc2)C(=O)c2cccc(C#N)c2)cc1COc1ccc(NC(C)=O)cc1. The summed E-state index contributed by atoms with van der Waals surface area (Å²) in [7, 11) is 1.61. The van der Waals surface area contributed by atoms with Crippen LogP contribution in [0.25, 0.3) is 0 Å². The highest BCUT2D eigenvalue weighted by molar-refractivity contribution is 5.94. The Morgan fingerprint density at radius 3 is 2.31 bits per heavy atom. The molecule has 4 aromatic carbocycles. The number of carbonyl (C=O) groups is 2. The maximum Gasteiger partial charge on any atom is 0.254 e. The third-order valence-corrected chi connectivity index (χ3v) is 6.03. The molecular formula is C32H29N3O4. The molecule has 0 bridgehead atoms. The summed E-state index contributed by atoms with van der Waals surface area (Å²) < 4.78 is 11.5. The fourth-order valence-corrected chi connectivity index (χ4v) is 4.17. The van der Waals surface area contributed by atoms with Gasteiger partial charge < -0.3 is 19.7 Å². The molecule has 0 atom stereocenters. The van der Waals surface area contributed by atoms with Gasteiger partial charge in [0.15, 0.2) is 0 Å². The zero-order chi connectivity index (χ0) is 27.6. The quantitative estimate of drug-likeness (QED) is 0.280. The van der Waals surface area contributed by atoms with E-state index in [0.29, 0.717) is 41.4 Å². The summed E-state index contributed by atoms with van der Waals surface area (Å²) in [4.78, 5) is 26.6. The van der Waals surface area contributed by atoms with E-state index in [4.69, 9.17) is 9.47 Å². The first-order valence-corrected chi connectivity index (χ1v) is 12.4. The van der Waals surface area contributed by atoms with E-state index in [-0.39, 0.29) is 18.4 Å². The number of nitrogens with one attached hydrogen (secondary N) is 1. The van der Waals surface area contributed by atoms with Crippen LogP contribution in [-0.2, 0) is 24.5 Å². The number of hydrogen-bond donors (Lipinski definition) is 1. The highest BCUT2D eigenvalue weighted by Gasteiger charge is 2.18. The fraction of sp³-hybridized carbons (Fsp3) is 0.156. The number of ether oxygens (including phenoxy) is 2. The van der Waals surface area contributed by atoms with Gasteiger partial charge in [-0.3, -0.25) is 9.59 Å². The van der Waals surface area contributed by atoms with Crippen LogP contribution >= 0.6 is 0 Å². The average Bonchev–Trinajstić information content (AvgIpc) is 2.96. The van der Waals surface area contributed by atoms with Crippen LogP contribution < -0.4 is 14.8 Å². The van der Waals surface area contributed by atoms with Crippen LogP contribution in [0.2, 0.25) is 0 Å². The molecule has 1 N–H and O–H groups in total. The Labute approximate surface area is 228 Å². The van der Waals surface area contributed by atoms with Crippen LogP contribution in [0.15, 0.2) is 97.1 Å². The Bertz CT molecular complexity index is 1480. The molecule has 0 saturated heterocycles. The van der Waals surface area contributed by atoms with Gasteiger partial charge in [0.1, 0.15) is 18.1 Å². The van der Waals surface area contributed by atoms with Gasteiger partial charge in [-0.1, -0.05) is 42.5 Å². The number of nitrogens with zero attached hydrogens (tertiary/aromatic N) is 2. The lowest BCUT2D eigenvalue weighted by Gasteiger charge is -2.24. The second kappa shape index (κ2) is 12.9. The van der Waals surface area contributed by atoms with E-state index in [9.17, 15) is 14.9 Å². The molecule has 0 spiro atoms. The molecule has 0 aliphatic carbocycles. The number of carbonyl (C=O) groups excluding carboxylic acids is 2. The van der Waals surface area contributed by atoms with Gasteiger partial charge in [-0.15, -0.1) is 0 Å². The number of hydrogen-bond acceptors (Lipinski definition) is 5. The van der Waals surface area contributed by atoms with Gasteiger partial charge in [0.2, 0.25) is 5.91 Å². The highest BCUT2D eigenvalue weighted by Crippen LogP contribution is 2.25. The predicted octanol–water partition coefficient (Wildman–Crippen LogP) is 5.95. The molecule has 4 aromatic rings. The lowest BCUT2D eigenvalue weighted by molar-refractivity contribution is -0.114. The third-order valence-electron chi connectivity index (χ3n) is 6.03. The summed E-state index contributed by atoms with van der Waals surface area (Å²) in [6.07, 6.45) is 0. The van der Waals surface area contributed by atoms with Crippen molar-refractivity contribution in [2.75, 3.05) is 12.4 Å². The number of rotatable bonds is 10. The zero-order valence-electron chi connectivity index (χ0n) is 21.9. The molecule has 2 amide bonds. The van der Waals surface area contributed by atoms with Gasteiger partial charge in [-0.2, -0.15) is 5.26 Å². The van der Waals surface area contributed by atoms with Crippen molar-refractivity contribution in [2.45, 2.75) is 26.6 Å². The monoisotopic (exact) mass is 519 g/mol. The molecule has 0 aromatic heterocycles. The molecule has 0 radical (unpaired) electrons. The van der Waals surface area contributed by atoms with Crippen molar-refractivity contribution in [3.63, 3.8) is 0 Å². The van der Waals surface area contributed by atoms with Gasteiger partial charge in [0.25, 0.3) is 5.91 Å². The van der Waals surface area contributed by atoms with Crippen LogP contribution in [-0.4, -0.2) is 23.8 Å². The van der Waals surface area contributed by atoms with Crippen LogP contribution in [0, 0.1) is 11.3 Å². The zero-order valence-corrected chi connectivity index (χ0v) is 21.9. The fourth-order valence-electron chi connectivity index (χ4n) is 4.17. The minimum absolute atomic E-state index is 0.136. The molecule has 7 nitrogen and oxygen atoms in total. The lowest BCUT2D eigenvalue weighted by atomic mass is 10.1. The summed E-state index contributed by atoms with van der Waals surface area (Å²) in [6.45, 7) is 2.48. The average molecular weight is 520 g/mol. The van der Waals surface area contributed by atoms with Crippen molar-refractivity contribution in [2.24, 2.45) is 0 Å². The normalized spacial score (nSPS) is 10.3. The molecule has 196 valence electrons. The van der Waals surface area contributed by atoms with Crippen LogP contribution in [0.3, 0.4) is 0 Å². The maximum absolute atomic E-state index is 13.6. The van der Waals surface area contributed by atoms with E-state index in [1.165, 1.54) is 6.92 Å². The minimum Gasteiger partial charge on any atom is -0.496 e. The second-order valence-electron chi connectivity index (χ2n) is 8.98. The van der Waals surface area contributed by atoms with Crippen LogP contribution in [0.5, 0.6) is 11.5 Å². The Morgan fingerprint density at radius 2 is 1.62 bits per heavy atom.